The van der Waals surface area contributed by atoms with E-state index in [0.29, 0.717) is 11.1 Å². The van der Waals surface area contributed by atoms with Gasteiger partial charge >= 0.3 is 0 Å². The largest absolute Gasteiger partial charge is 0.297 e. The summed E-state index contributed by atoms with van der Waals surface area (Å²) in [7, 11) is -8.56. The molecule has 0 aromatic heterocycles. The van der Waals surface area contributed by atoms with Gasteiger partial charge in [-0.25, -0.2) is 0 Å². The molecule has 4 aromatic rings. The molecule has 2 unspecified atom stereocenters. The van der Waals surface area contributed by atoms with E-state index in [0.717, 1.165) is 35.1 Å². The number of benzene rings is 4. The van der Waals surface area contributed by atoms with Gasteiger partial charge in [-0.05, 0) is 73.2 Å². The highest BCUT2D eigenvalue weighted by atomic mass is 32.2. The maximum absolute atomic E-state index is 13.4. The van der Waals surface area contributed by atoms with Crippen molar-refractivity contribution in [2.75, 3.05) is 0 Å². The van der Waals surface area contributed by atoms with Gasteiger partial charge in [0.2, 0.25) is 0 Å². The molecule has 0 aliphatic heterocycles. The molecule has 0 heterocycles. The maximum Gasteiger partial charge on any atom is 0.297 e. The van der Waals surface area contributed by atoms with Crippen LogP contribution >= 0.6 is 0 Å². The van der Waals surface area contributed by atoms with Gasteiger partial charge in [0.15, 0.2) is 0 Å². The summed E-state index contributed by atoms with van der Waals surface area (Å²) in [5.41, 5.74) is 4.91. The van der Waals surface area contributed by atoms with Crippen LogP contribution in [0.5, 0.6) is 0 Å². The zero-order chi connectivity index (χ0) is 26.9. The van der Waals surface area contributed by atoms with E-state index in [1.54, 1.807) is 48.5 Å². The van der Waals surface area contributed by atoms with Crippen LogP contribution in [0.2, 0.25) is 0 Å². The minimum Gasteiger partial charge on any atom is -0.255 e. The molecule has 196 valence electrons. The van der Waals surface area contributed by atoms with Gasteiger partial charge in [-0.2, -0.15) is 16.8 Å². The van der Waals surface area contributed by atoms with E-state index in [4.69, 9.17) is 8.37 Å². The molecule has 0 saturated carbocycles. The lowest BCUT2D eigenvalue weighted by atomic mass is 9.93. The van der Waals surface area contributed by atoms with E-state index in [9.17, 15) is 16.8 Å². The summed E-state index contributed by atoms with van der Waals surface area (Å²) in [6.45, 7) is 3.71. The van der Waals surface area contributed by atoms with Gasteiger partial charge in [0.25, 0.3) is 20.2 Å². The Kier molecular flexibility index (Phi) is 7.24. The van der Waals surface area contributed by atoms with Gasteiger partial charge in [-0.1, -0.05) is 83.9 Å². The molecule has 0 radical (unpaired) electrons. The van der Waals surface area contributed by atoms with Crippen LogP contribution in [0.3, 0.4) is 0 Å². The Morgan fingerprint density at radius 1 is 0.500 bits per heavy atom. The normalized spacial score (nSPS) is 17.6. The van der Waals surface area contributed by atoms with Crippen molar-refractivity contribution in [3.63, 3.8) is 0 Å². The molecule has 8 heteroatoms. The van der Waals surface area contributed by atoms with Crippen molar-refractivity contribution in [2.45, 2.75) is 48.7 Å². The Morgan fingerprint density at radius 2 is 0.816 bits per heavy atom. The summed E-state index contributed by atoms with van der Waals surface area (Å²) < 4.78 is 65.4. The third-order valence-corrected chi connectivity index (χ3v) is 9.29. The van der Waals surface area contributed by atoms with Gasteiger partial charge in [-0.15, -0.1) is 0 Å². The Morgan fingerprint density at radius 3 is 1.13 bits per heavy atom. The molecule has 0 N–H and O–H groups in total. The van der Waals surface area contributed by atoms with Crippen molar-refractivity contribution in [1.82, 2.24) is 0 Å². The Labute approximate surface area is 224 Å². The van der Waals surface area contributed by atoms with Crippen LogP contribution in [0.4, 0.5) is 0 Å². The van der Waals surface area contributed by atoms with E-state index < -0.39 is 32.4 Å². The van der Waals surface area contributed by atoms with Crippen LogP contribution in [0.15, 0.2) is 107 Å². The topological polar surface area (TPSA) is 86.7 Å². The molecule has 38 heavy (non-hydrogen) atoms. The summed E-state index contributed by atoms with van der Waals surface area (Å²) in [6, 6.07) is 27.3. The average molecular weight is 549 g/mol. The van der Waals surface area contributed by atoms with E-state index in [2.05, 4.69) is 0 Å². The first-order valence-electron chi connectivity index (χ1n) is 12.3. The van der Waals surface area contributed by atoms with Gasteiger partial charge in [-0.3, -0.25) is 8.37 Å². The smallest absolute Gasteiger partial charge is 0.255 e. The number of hydrogen-bond acceptors (Lipinski definition) is 6. The highest BCUT2D eigenvalue weighted by Crippen LogP contribution is 2.40. The monoisotopic (exact) mass is 548 g/mol. The van der Waals surface area contributed by atoms with E-state index >= 15 is 0 Å². The van der Waals surface area contributed by atoms with Crippen LogP contribution in [0, 0.1) is 13.8 Å². The third kappa shape index (κ3) is 5.73. The molecule has 0 fully saturated rings. The molecule has 8 rings (SSSR count). The maximum atomic E-state index is 13.4. The first kappa shape index (κ1) is 26.3. The van der Waals surface area contributed by atoms with Crippen molar-refractivity contribution in [3.05, 3.63) is 130 Å². The molecule has 2 atom stereocenters. The van der Waals surface area contributed by atoms with Crippen molar-refractivity contribution < 1.29 is 25.2 Å². The zero-order valence-corrected chi connectivity index (χ0v) is 22.7. The van der Waals surface area contributed by atoms with Crippen molar-refractivity contribution >= 4 is 20.2 Å². The zero-order valence-electron chi connectivity index (χ0n) is 21.1. The molecular weight excluding hydrogens is 520 g/mol. The molecule has 0 spiro atoms. The van der Waals surface area contributed by atoms with Gasteiger partial charge in [0, 0.05) is 0 Å². The predicted molar refractivity (Wildman–Crippen MR) is 145 cm³/mol. The lowest BCUT2D eigenvalue weighted by Gasteiger charge is -2.28. The first-order chi connectivity index (χ1) is 18.1. The molecule has 4 aromatic carbocycles. The van der Waals surface area contributed by atoms with Gasteiger partial charge < -0.3 is 0 Å². The Hall–Kier alpha value is -3.30. The summed E-state index contributed by atoms with van der Waals surface area (Å²) in [4.78, 5) is -0.0531. The van der Waals surface area contributed by atoms with Crippen LogP contribution in [-0.2, 0) is 41.4 Å². The number of rotatable bonds is 6. The van der Waals surface area contributed by atoms with Crippen LogP contribution < -0.4 is 0 Å². The third-order valence-electron chi connectivity index (χ3n) is 6.67. The standard InChI is InChI=1S/C30H28O6S2/c1-21-3-17-27(18-4-21)37(31,32)35-29-25-13-9-23(10-14-25)7-8-24-11-15-26(16-12-24)30(29)36-38(33,34)28-19-5-22(2)6-20-28/h3-6,9-20,29-30H,7-8H2,1-2H3. The van der Waals surface area contributed by atoms with E-state index in [1.807, 2.05) is 38.1 Å². The molecule has 0 saturated heterocycles. The summed E-state index contributed by atoms with van der Waals surface area (Å²) in [6.07, 6.45) is -0.926. The molecule has 0 amide bonds. The van der Waals surface area contributed by atoms with Gasteiger partial charge in [0.05, 0.1) is 9.79 Å². The van der Waals surface area contributed by atoms with Crippen LogP contribution in [0.25, 0.3) is 0 Å². The SMILES string of the molecule is Cc1ccc(S(=O)(=O)OC2c3ccc(cc3)CCc3ccc(cc3)C2OS(=O)(=O)c2ccc(C)cc2)cc1. The second kappa shape index (κ2) is 10.5. The van der Waals surface area contributed by atoms with Crippen LogP contribution in [-0.4, -0.2) is 16.8 Å². The molecule has 4 bridgehead atoms. The van der Waals surface area contributed by atoms with E-state index in [1.165, 1.54) is 24.3 Å². The van der Waals surface area contributed by atoms with Crippen molar-refractivity contribution in [1.29, 1.82) is 0 Å². The second-order valence-corrected chi connectivity index (χ2v) is 12.7. The fourth-order valence-electron chi connectivity index (χ4n) is 4.39. The van der Waals surface area contributed by atoms with Gasteiger partial charge in [0.1, 0.15) is 12.2 Å². The highest BCUT2D eigenvalue weighted by Gasteiger charge is 2.36. The highest BCUT2D eigenvalue weighted by molar-refractivity contribution is 7.87. The molecule has 6 nitrogen and oxygen atoms in total. The average Bonchev–Trinajstić information content (AvgIpc) is 2.90. The fourth-order valence-corrected chi connectivity index (χ4v) is 6.52. The minimum absolute atomic E-state index is 0.0265. The number of aryl methyl sites for hydroxylation is 4. The predicted octanol–water partition coefficient (Wildman–Crippen LogP) is 6.00. The molecule has 4 aliphatic carbocycles. The minimum atomic E-state index is -4.28. The van der Waals surface area contributed by atoms with E-state index in [-0.39, 0.29) is 9.79 Å². The van der Waals surface area contributed by atoms with Crippen molar-refractivity contribution in [3.8, 4) is 0 Å². The number of hydrogen-bond donors (Lipinski definition) is 0. The quantitative estimate of drug-likeness (QED) is 0.275. The second-order valence-electron chi connectivity index (χ2n) is 9.55. The summed E-state index contributed by atoms with van der Waals surface area (Å²) >= 11 is 0. The Bertz CT molecular complexity index is 1500. The fraction of sp³-hybridized carbons (Fsp3) is 0.200. The summed E-state index contributed by atoms with van der Waals surface area (Å²) in [5, 5.41) is 0. The lowest BCUT2D eigenvalue weighted by Crippen LogP contribution is -2.24. The summed E-state index contributed by atoms with van der Waals surface area (Å²) in [5.74, 6) is 0. The lowest BCUT2D eigenvalue weighted by molar-refractivity contribution is 0.0615. The molecular formula is C30H28O6S2. The van der Waals surface area contributed by atoms with Crippen molar-refractivity contribution in [2.24, 2.45) is 0 Å². The molecule has 4 aliphatic rings. The Balaban J connectivity index is 1.64. The van der Waals surface area contributed by atoms with Crippen LogP contribution in [0.1, 0.15) is 45.6 Å². The first-order valence-corrected chi connectivity index (χ1v) is 15.1.